The van der Waals surface area contributed by atoms with E-state index in [-0.39, 0.29) is 10.4 Å². The average molecular weight is 333 g/mol. The highest BCUT2D eigenvalue weighted by atomic mass is 32.2. The molecule has 120 valence electrons. The minimum absolute atomic E-state index is 0.0333. The third kappa shape index (κ3) is 3.03. The first-order valence-electron chi connectivity index (χ1n) is 6.89. The van der Waals surface area contributed by atoms with Crippen molar-refractivity contribution in [1.82, 2.24) is 15.0 Å². The van der Waals surface area contributed by atoms with Gasteiger partial charge in [0.25, 0.3) is 0 Å². The molecule has 0 aliphatic heterocycles. The predicted molar refractivity (Wildman–Crippen MR) is 83.5 cm³/mol. The molecule has 7 nitrogen and oxygen atoms in total. The van der Waals surface area contributed by atoms with E-state index in [9.17, 15) is 8.42 Å². The third-order valence-electron chi connectivity index (χ3n) is 3.46. The number of hydrogen-bond donors (Lipinski definition) is 1. The Morgan fingerprint density at radius 1 is 1.17 bits per heavy atom. The van der Waals surface area contributed by atoms with Gasteiger partial charge in [0.1, 0.15) is 16.2 Å². The molecular formula is C15H15N3O4S. The summed E-state index contributed by atoms with van der Waals surface area (Å²) in [5.41, 5.74) is 1.39. The van der Waals surface area contributed by atoms with Crippen molar-refractivity contribution in [1.29, 1.82) is 0 Å². The van der Waals surface area contributed by atoms with Crippen molar-refractivity contribution in [3.8, 4) is 5.75 Å². The summed E-state index contributed by atoms with van der Waals surface area (Å²) in [6.07, 6.45) is 0. The first-order chi connectivity index (χ1) is 11.0. The lowest BCUT2D eigenvalue weighted by Gasteiger charge is -2.15. The molecule has 0 bridgehead atoms. The number of aromatic nitrogens is 2. The van der Waals surface area contributed by atoms with E-state index in [0.29, 0.717) is 11.3 Å². The van der Waals surface area contributed by atoms with Gasteiger partial charge in [0.05, 0.1) is 7.11 Å². The smallest absolute Gasteiger partial charge is 0.243 e. The van der Waals surface area contributed by atoms with Crippen LogP contribution in [0.4, 0.5) is 0 Å². The second-order valence-corrected chi connectivity index (χ2v) is 6.69. The number of hydrogen-bond acceptors (Lipinski definition) is 6. The van der Waals surface area contributed by atoms with Gasteiger partial charge in [-0.25, -0.2) is 17.8 Å². The number of benzene rings is 2. The van der Waals surface area contributed by atoms with Crippen LogP contribution in [0.1, 0.15) is 18.5 Å². The van der Waals surface area contributed by atoms with E-state index in [1.54, 1.807) is 44.4 Å². The van der Waals surface area contributed by atoms with Crippen molar-refractivity contribution in [2.45, 2.75) is 17.9 Å². The van der Waals surface area contributed by atoms with E-state index in [4.69, 9.17) is 4.74 Å². The normalized spacial score (nSPS) is 13.1. The molecule has 0 radical (unpaired) electrons. The summed E-state index contributed by atoms with van der Waals surface area (Å²) in [5.74, 6) is 0.663. The van der Waals surface area contributed by atoms with Gasteiger partial charge < -0.3 is 4.74 Å². The molecule has 2 aromatic carbocycles. The molecule has 3 aromatic rings. The van der Waals surface area contributed by atoms with Crippen LogP contribution in [0.2, 0.25) is 0 Å². The molecule has 0 saturated carbocycles. The van der Waals surface area contributed by atoms with Crippen molar-refractivity contribution in [3.05, 3.63) is 48.0 Å². The fourth-order valence-electron chi connectivity index (χ4n) is 2.27. The summed E-state index contributed by atoms with van der Waals surface area (Å²) < 4.78 is 37.7. The highest BCUT2D eigenvalue weighted by molar-refractivity contribution is 7.89. The van der Waals surface area contributed by atoms with Crippen LogP contribution < -0.4 is 9.46 Å². The van der Waals surface area contributed by atoms with E-state index in [2.05, 4.69) is 19.7 Å². The van der Waals surface area contributed by atoms with Gasteiger partial charge in [-0.15, -0.1) is 0 Å². The van der Waals surface area contributed by atoms with Crippen molar-refractivity contribution >= 4 is 21.1 Å². The fourth-order valence-corrected chi connectivity index (χ4v) is 3.66. The van der Waals surface area contributed by atoms with Crippen LogP contribution in [0.25, 0.3) is 11.0 Å². The summed E-state index contributed by atoms with van der Waals surface area (Å²) in [6, 6.07) is 11.5. The van der Waals surface area contributed by atoms with Gasteiger partial charge in [0.2, 0.25) is 10.0 Å². The molecule has 23 heavy (non-hydrogen) atoms. The number of nitrogens with zero attached hydrogens (tertiary/aromatic N) is 2. The van der Waals surface area contributed by atoms with Crippen molar-refractivity contribution in [2.75, 3.05) is 7.11 Å². The van der Waals surface area contributed by atoms with E-state index in [1.165, 1.54) is 6.07 Å². The van der Waals surface area contributed by atoms with E-state index in [0.717, 1.165) is 5.56 Å². The molecule has 0 saturated heterocycles. The fraction of sp³-hybridized carbons (Fsp3) is 0.200. The van der Waals surface area contributed by atoms with E-state index >= 15 is 0 Å². The van der Waals surface area contributed by atoms with Gasteiger partial charge in [-0.05, 0) is 47.1 Å². The molecular weight excluding hydrogens is 318 g/mol. The summed E-state index contributed by atoms with van der Waals surface area (Å²) >= 11 is 0. The van der Waals surface area contributed by atoms with E-state index < -0.39 is 16.1 Å². The van der Waals surface area contributed by atoms with Gasteiger partial charge in [-0.3, -0.25) is 0 Å². The van der Waals surface area contributed by atoms with Crippen molar-refractivity contribution < 1.29 is 17.8 Å². The molecule has 8 heteroatoms. The zero-order chi connectivity index (χ0) is 16.4. The number of fused-ring (bicyclic) bond motifs is 1. The number of sulfonamides is 1. The Labute approximate surface area is 133 Å². The molecule has 0 aliphatic rings. The Balaban J connectivity index is 1.93. The molecule has 1 unspecified atom stereocenters. The third-order valence-corrected chi connectivity index (χ3v) is 5.04. The SMILES string of the molecule is COc1cccc(C(C)NS(=O)(=O)c2cccc3nonc23)c1. The largest absolute Gasteiger partial charge is 0.497 e. The first kappa shape index (κ1) is 15.4. The Hall–Kier alpha value is -2.45. The summed E-state index contributed by atoms with van der Waals surface area (Å²) in [7, 11) is -2.22. The Bertz CT molecular complexity index is 937. The molecule has 0 amide bonds. The van der Waals surface area contributed by atoms with Crippen LogP contribution in [0, 0.1) is 0 Å². The second kappa shape index (κ2) is 5.98. The zero-order valence-electron chi connectivity index (χ0n) is 12.6. The Kier molecular flexibility index (Phi) is 4.01. The lowest BCUT2D eigenvalue weighted by atomic mass is 10.1. The second-order valence-electron chi connectivity index (χ2n) is 5.01. The van der Waals surface area contributed by atoms with Gasteiger partial charge in [0.15, 0.2) is 5.52 Å². The van der Waals surface area contributed by atoms with Crippen molar-refractivity contribution in [2.24, 2.45) is 0 Å². The monoisotopic (exact) mass is 333 g/mol. The van der Waals surface area contributed by atoms with Crippen LogP contribution in [0.15, 0.2) is 52.0 Å². The lowest BCUT2D eigenvalue weighted by molar-refractivity contribution is 0.315. The standard InChI is InChI=1S/C15H15N3O4S/c1-10(11-5-3-6-12(9-11)21-2)18-23(19,20)14-8-4-7-13-15(14)17-22-16-13/h3-10,18H,1-2H3. The predicted octanol–water partition coefficient (Wildman–Crippen LogP) is 2.27. The maximum Gasteiger partial charge on any atom is 0.243 e. The molecule has 0 aliphatic carbocycles. The van der Waals surface area contributed by atoms with Gasteiger partial charge in [0, 0.05) is 6.04 Å². The number of methoxy groups -OCH3 is 1. The molecule has 3 rings (SSSR count). The van der Waals surface area contributed by atoms with Crippen molar-refractivity contribution in [3.63, 3.8) is 0 Å². The van der Waals surface area contributed by atoms with Crippen LogP contribution in [0.5, 0.6) is 5.75 Å². The summed E-state index contributed by atoms with van der Waals surface area (Å²) in [6.45, 7) is 1.76. The minimum Gasteiger partial charge on any atom is -0.497 e. The summed E-state index contributed by atoms with van der Waals surface area (Å²) in [4.78, 5) is 0.0333. The highest BCUT2D eigenvalue weighted by Gasteiger charge is 2.23. The Morgan fingerprint density at radius 2 is 1.96 bits per heavy atom. The lowest BCUT2D eigenvalue weighted by Crippen LogP contribution is -2.27. The molecule has 0 spiro atoms. The minimum atomic E-state index is -3.78. The molecule has 1 N–H and O–H groups in total. The van der Waals surface area contributed by atoms with Gasteiger partial charge in [-0.1, -0.05) is 18.2 Å². The summed E-state index contributed by atoms with van der Waals surface area (Å²) in [5, 5.41) is 7.33. The molecule has 0 fully saturated rings. The average Bonchev–Trinajstić information content (AvgIpc) is 3.02. The maximum absolute atomic E-state index is 12.6. The topological polar surface area (TPSA) is 94.3 Å². The molecule has 1 aromatic heterocycles. The number of rotatable bonds is 5. The van der Waals surface area contributed by atoms with E-state index in [1.807, 2.05) is 6.07 Å². The number of ether oxygens (including phenoxy) is 1. The first-order valence-corrected chi connectivity index (χ1v) is 8.37. The van der Waals surface area contributed by atoms with Gasteiger partial charge in [-0.2, -0.15) is 0 Å². The number of nitrogens with one attached hydrogen (secondary N) is 1. The Morgan fingerprint density at radius 3 is 2.74 bits per heavy atom. The maximum atomic E-state index is 12.6. The van der Waals surface area contributed by atoms with Crippen LogP contribution in [-0.2, 0) is 10.0 Å². The van der Waals surface area contributed by atoms with Gasteiger partial charge >= 0.3 is 0 Å². The van der Waals surface area contributed by atoms with Crippen LogP contribution >= 0.6 is 0 Å². The molecule has 1 heterocycles. The van der Waals surface area contributed by atoms with Crippen LogP contribution in [0.3, 0.4) is 0 Å². The quantitative estimate of drug-likeness (QED) is 0.770. The highest BCUT2D eigenvalue weighted by Crippen LogP contribution is 2.24. The van der Waals surface area contributed by atoms with Crippen LogP contribution in [-0.4, -0.2) is 25.8 Å². The zero-order valence-corrected chi connectivity index (χ0v) is 13.4. The molecule has 1 atom stereocenters.